The van der Waals surface area contributed by atoms with Crippen molar-refractivity contribution >= 4 is 11.9 Å². The van der Waals surface area contributed by atoms with Crippen molar-refractivity contribution in [2.24, 2.45) is 0 Å². The summed E-state index contributed by atoms with van der Waals surface area (Å²) in [6.07, 6.45) is 0. The fourth-order valence-electron chi connectivity index (χ4n) is 4.39. The van der Waals surface area contributed by atoms with E-state index in [2.05, 4.69) is 5.32 Å². The van der Waals surface area contributed by atoms with Gasteiger partial charge in [-0.15, -0.1) is 0 Å². The number of methoxy groups -OCH3 is 1. The number of ether oxygens (including phenoxy) is 2. The number of dihydropyridines is 1. The van der Waals surface area contributed by atoms with Gasteiger partial charge in [-0.2, -0.15) is 0 Å². The van der Waals surface area contributed by atoms with Crippen LogP contribution in [0.25, 0.3) is 22.6 Å². The molecule has 184 valence electrons. The molecule has 1 N–H and O–H groups in total. The van der Waals surface area contributed by atoms with Crippen molar-refractivity contribution in [3.05, 3.63) is 105 Å². The highest BCUT2D eigenvalue weighted by atomic mass is 16.5. The van der Waals surface area contributed by atoms with Crippen molar-refractivity contribution < 1.29 is 23.5 Å². The Kier molecular flexibility index (Phi) is 7.20. The molecule has 1 unspecified atom stereocenters. The fraction of sp³-hybridized carbons (Fsp3) is 0.207. The van der Waals surface area contributed by atoms with E-state index in [1.54, 1.807) is 32.9 Å². The van der Waals surface area contributed by atoms with Gasteiger partial charge in [-0.25, -0.2) is 9.59 Å². The van der Waals surface area contributed by atoms with Crippen LogP contribution in [0.4, 0.5) is 0 Å². The zero-order valence-electron chi connectivity index (χ0n) is 20.6. The normalized spacial score (nSPS) is 15.4. The number of allylic oxidation sites excluding steroid dienone is 2. The number of rotatable bonds is 6. The van der Waals surface area contributed by atoms with Gasteiger partial charge in [0.15, 0.2) is 5.43 Å². The molecule has 7 nitrogen and oxygen atoms in total. The second-order valence-electron chi connectivity index (χ2n) is 8.36. The molecule has 0 radical (unpaired) electrons. The van der Waals surface area contributed by atoms with Crippen LogP contribution in [0.15, 0.2) is 98.5 Å². The van der Waals surface area contributed by atoms with Crippen LogP contribution < -0.4 is 10.7 Å². The predicted octanol–water partition coefficient (Wildman–Crippen LogP) is 4.94. The Morgan fingerprint density at radius 2 is 1.42 bits per heavy atom. The maximum Gasteiger partial charge on any atom is 0.336 e. The second-order valence-corrected chi connectivity index (χ2v) is 8.36. The molecule has 2 aromatic carbocycles. The Hall–Kier alpha value is -4.39. The van der Waals surface area contributed by atoms with E-state index in [1.807, 2.05) is 42.5 Å². The van der Waals surface area contributed by atoms with E-state index in [4.69, 9.17) is 13.9 Å². The highest BCUT2D eigenvalue weighted by molar-refractivity contribution is 5.99. The minimum absolute atomic E-state index is 0.174. The molecule has 4 rings (SSSR count). The smallest absolute Gasteiger partial charge is 0.336 e. The standard InChI is InChI=1S/C29H27NO6/c1-5-35-29(33)26-18(3)30-17(2)25(28(32)34-4)27(26)21-13-11-20(12-14-21)24-16-22(31)15-23(36-24)19-9-7-6-8-10-19/h6-16,27,30H,5H2,1-4H3. The molecular weight excluding hydrogens is 458 g/mol. The molecular formula is C29H27NO6. The molecule has 0 amide bonds. The van der Waals surface area contributed by atoms with E-state index in [-0.39, 0.29) is 12.0 Å². The molecule has 36 heavy (non-hydrogen) atoms. The lowest BCUT2D eigenvalue weighted by atomic mass is 9.80. The number of hydrogen-bond donors (Lipinski definition) is 1. The average Bonchev–Trinajstić information content (AvgIpc) is 2.88. The van der Waals surface area contributed by atoms with Gasteiger partial charge in [0.25, 0.3) is 0 Å². The summed E-state index contributed by atoms with van der Waals surface area (Å²) in [7, 11) is 1.31. The molecule has 1 aliphatic heterocycles. The first-order valence-electron chi connectivity index (χ1n) is 11.6. The summed E-state index contributed by atoms with van der Waals surface area (Å²) >= 11 is 0. The van der Waals surface area contributed by atoms with Crippen molar-refractivity contribution in [3.63, 3.8) is 0 Å². The first kappa shape index (κ1) is 24.7. The van der Waals surface area contributed by atoms with Crippen molar-refractivity contribution in [1.82, 2.24) is 5.32 Å². The number of hydrogen-bond acceptors (Lipinski definition) is 7. The monoisotopic (exact) mass is 485 g/mol. The molecule has 1 atom stereocenters. The van der Waals surface area contributed by atoms with Crippen LogP contribution in [0.5, 0.6) is 0 Å². The Morgan fingerprint density at radius 3 is 1.97 bits per heavy atom. The summed E-state index contributed by atoms with van der Waals surface area (Å²) < 4.78 is 16.4. The van der Waals surface area contributed by atoms with Crippen LogP contribution in [0.3, 0.4) is 0 Å². The molecule has 1 aliphatic rings. The van der Waals surface area contributed by atoms with Crippen LogP contribution in [0.1, 0.15) is 32.3 Å². The number of benzene rings is 2. The summed E-state index contributed by atoms with van der Waals surface area (Å²) in [6, 6.07) is 19.5. The molecule has 2 heterocycles. The van der Waals surface area contributed by atoms with Gasteiger partial charge >= 0.3 is 11.9 Å². The highest BCUT2D eigenvalue weighted by Gasteiger charge is 2.37. The van der Waals surface area contributed by atoms with Gasteiger partial charge in [0, 0.05) is 34.7 Å². The molecule has 0 saturated carbocycles. The van der Waals surface area contributed by atoms with E-state index in [9.17, 15) is 14.4 Å². The first-order valence-corrected chi connectivity index (χ1v) is 11.6. The van der Waals surface area contributed by atoms with Gasteiger partial charge in [-0.1, -0.05) is 54.6 Å². The summed E-state index contributed by atoms with van der Waals surface area (Å²) in [5.41, 5.74) is 3.88. The van der Waals surface area contributed by atoms with Gasteiger partial charge in [-0.3, -0.25) is 4.79 Å². The van der Waals surface area contributed by atoms with Crippen LogP contribution in [-0.2, 0) is 19.1 Å². The van der Waals surface area contributed by atoms with Gasteiger partial charge < -0.3 is 19.2 Å². The zero-order valence-corrected chi connectivity index (χ0v) is 20.6. The van der Waals surface area contributed by atoms with E-state index >= 15 is 0 Å². The molecule has 0 fully saturated rings. The largest absolute Gasteiger partial charge is 0.466 e. The number of nitrogens with one attached hydrogen (secondary N) is 1. The van der Waals surface area contributed by atoms with E-state index in [0.29, 0.717) is 45.2 Å². The lowest BCUT2D eigenvalue weighted by Crippen LogP contribution is -2.32. The van der Waals surface area contributed by atoms with Gasteiger partial charge in [0.1, 0.15) is 11.5 Å². The van der Waals surface area contributed by atoms with E-state index in [1.165, 1.54) is 19.2 Å². The number of carbonyl (C=O) groups excluding carboxylic acids is 2. The predicted molar refractivity (Wildman–Crippen MR) is 136 cm³/mol. The third-order valence-electron chi connectivity index (χ3n) is 6.01. The maximum atomic E-state index is 12.9. The van der Waals surface area contributed by atoms with Crippen LogP contribution in [-0.4, -0.2) is 25.7 Å². The molecule has 0 saturated heterocycles. The quantitative estimate of drug-likeness (QED) is 0.494. The summed E-state index contributed by atoms with van der Waals surface area (Å²) in [5.74, 6) is -0.850. The van der Waals surface area contributed by atoms with Crippen molar-refractivity contribution in [3.8, 4) is 22.6 Å². The molecule has 0 bridgehead atoms. The van der Waals surface area contributed by atoms with E-state index < -0.39 is 17.9 Å². The van der Waals surface area contributed by atoms with Crippen molar-refractivity contribution in [2.75, 3.05) is 13.7 Å². The minimum Gasteiger partial charge on any atom is -0.466 e. The van der Waals surface area contributed by atoms with Crippen LogP contribution in [0, 0.1) is 0 Å². The topological polar surface area (TPSA) is 94.8 Å². The lowest BCUT2D eigenvalue weighted by Gasteiger charge is -2.30. The summed E-state index contributed by atoms with van der Waals surface area (Å²) in [6.45, 7) is 5.47. The number of esters is 2. The van der Waals surface area contributed by atoms with Crippen LogP contribution >= 0.6 is 0 Å². The molecule has 1 aromatic heterocycles. The first-order chi connectivity index (χ1) is 17.3. The second kappa shape index (κ2) is 10.5. The summed E-state index contributed by atoms with van der Waals surface area (Å²) in [5, 5.41) is 3.11. The Morgan fingerprint density at radius 1 is 0.861 bits per heavy atom. The van der Waals surface area contributed by atoms with Crippen LogP contribution in [0.2, 0.25) is 0 Å². The van der Waals surface area contributed by atoms with Gasteiger partial charge in [-0.05, 0) is 26.3 Å². The summed E-state index contributed by atoms with van der Waals surface area (Å²) in [4.78, 5) is 38.0. The molecule has 0 spiro atoms. The Balaban J connectivity index is 1.78. The molecule has 7 heteroatoms. The minimum atomic E-state index is -0.686. The van der Waals surface area contributed by atoms with E-state index in [0.717, 1.165) is 5.56 Å². The molecule has 3 aromatic rings. The average molecular weight is 486 g/mol. The van der Waals surface area contributed by atoms with Crippen molar-refractivity contribution in [1.29, 1.82) is 0 Å². The number of carbonyl (C=O) groups is 2. The lowest BCUT2D eigenvalue weighted by molar-refractivity contribution is -0.139. The highest BCUT2D eigenvalue weighted by Crippen LogP contribution is 2.40. The third-order valence-corrected chi connectivity index (χ3v) is 6.01. The SMILES string of the molecule is CCOC(=O)C1=C(C)NC(C)=C(C(=O)OC)C1c1ccc(-c2cc(=O)cc(-c3ccccc3)o2)cc1. The van der Waals surface area contributed by atoms with Gasteiger partial charge in [0.2, 0.25) is 0 Å². The Labute approximate surface area is 209 Å². The van der Waals surface area contributed by atoms with Gasteiger partial charge in [0.05, 0.1) is 30.8 Å². The van der Waals surface area contributed by atoms with Crippen molar-refractivity contribution in [2.45, 2.75) is 26.7 Å². The molecule has 0 aliphatic carbocycles. The maximum absolute atomic E-state index is 12.9. The fourth-order valence-corrected chi connectivity index (χ4v) is 4.39. The third kappa shape index (κ3) is 4.86. The Bertz CT molecular complexity index is 1410. The zero-order chi connectivity index (χ0) is 25.8.